The number of aliphatic carboxylic acids is 1. The van der Waals surface area contributed by atoms with Crippen molar-refractivity contribution in [1.82, 2.24) is 5.32 Å². The van der Waals surface area contributed by atoms with Crippen LogP contribution in [0.15, 0.2) is 35.3 Å². The summed E-state index contributed by atoms with van der Waals surface area (Å²) in [6.07, 6.45) is 1.61. The maximum absolute atomic E-state index is 11.2. The third-order valence-electron chi connectivity index (χ3n) is 2.22. The van der Waals surface area contributed by atoms with Crippen LogP contribution < -0.4 is 10.1 Å². The van der Waals surface area contributed by atoms with Crippen LogP contribution in [-0.4, -0.2) is 24.7 Å². The molecule has 0 spiro atoms. The van der Waals surface area contributed by atoms with Crippen LogP contribution in [-0.2, 0) is 4.79 Å². The molecule has 0 aliphatic carbocycles. The molecule has 0 saturated heterocycles. The molecule has 0 fully saturated rings. The largest absolute Gasteiger partial charge is 0.496 e. The van der Waals surface area contributed by atoms with E-state index in [9.17, 15) is 9.90 Å². The third-order valence-corrected chi connectivity index (χ3v) is 2.71. The van der Waals surface area contributed by atoms with Gasteiger partial charge in [-0.1, -0.05) is 22.0 Å². The number of ether oxygens (including phenoxy) is 1. The minimum absolute atomic E-state index is 0.409. The van der Waals surface area contributed by atoms with Crippen LogP contribution in [0, 0.1) is 0 Å². The van der Waals surface area contributed by atoms with E-state index in [0.717, 1.165) is 4.47 Å². The van der Waals surface area contributed by atoms with Gasteiger partial charge in [0.2, 0.25) is 0 Å². The molecule has 1 unspecified atom stereocenters. The van der Waals surface area contributed by atoms with Gasteiger partial charge in [-0.3, -0.25) is 10.1 Å². The molecule has 0 aromatic heterocycles. The lowest BCUT2D eigenvalue weighted by molar-refractivity contribution is -0.139. The van der Waals surface area contributed by atoms with Crippen molar-refractivity contribution in [2.75, 3.05) is 13.7 Å². The molecule has 1 aromatic carbocycles. The highest BCUT2D eigenvalue weighted by Gasteiger charge is 2.22. The second-order valence-corrected chi connectivity index (χ2v) is 4.27. The SMILES string of the molecule is C=CCNC(C(=O)O)c1cc(Br)ccc1OC. The molecule has 1 atom stereocenters. The summed E-state index contributed by atoms with van der Waals surface area (Å²) in [6, 6.07) is 4.44. The van der Waals surface area contributed by atoms with E-state index in [1.807, 2.05) is 0 Å². The number of benzene rings is 1. The molecule has 1 aromatic rings. The van der Waals surface area contributed by atoms with E-state index < -0.39 is 12.0 Å². The Morgan fingerprint density at radius 3 is 2.94 bits per heavy atom. The lowest BCUT2D eigenvalue weighted by Crippen LogP contribution is -2.28. The molecular weight excluding hydrogens is 286 g/mol. The Balaban J connectivity index is 3.11. The number of methoxy groups -OCH3 is 1. The minimum atomic E-state index is -0.955. The molecule has 0 aliphatic heterocycles. The van der Waals surface area contributed by atoms with Gasteiger partial charge >= 0.3 is 5.97 Å². The summed E-state index contributed by atoms with van der Waals surface area (Å²) >= 11 is 3.31. The number of hydrogen-bond acceptors (Lipinski definition) is 3. The van der Waals surface area contributed by atoms with Gasteiger partial charge in [-0.2, -0.15) is 0 Å². The van der Waals surface area contributed by atoms with Crippen molar-refractivity contribution in [2.24, 2.45) is 0 Å². The van der Waals surface area contributed by atoms with Gasteiger partial charge in [-0.25, -0.2) is 0 Å². The van der Waals surface area contributed by atoms with Gasteiger partial charge in [-0.15, -0.1) is 6.58 Å². The first-order valence-electron chi connectivity index (χ1n) is 5.00. The Hall–Kier alpha value is -1.33. The number of carboxylic acids is 1. The van der Waals surface area contributed by atoms with E-state index in [4.69, 9.17) is 4.74 Å². The smallest absolute Gasteiger partial charge is 0.325 e. The fourth-order valence-electron chi connectivity index (χ4n) is 1.46. The number of carboxylic acid groups (broad SMARTS) is 1. The molecule has 0 heterocycles. The highest BCUT2D eigenvalue weighted by atomic mass is 79.9. The summed E-state index contributed by atoms with van der Waals surface area (Å²) in [6.45, 7) is 3.96. The van der Waals surface area contributed by atoms with Crippen LogP contribution in [0.2, 0.25) is 0 Å². The molecule has 2 N–H and O–H groups in total. The summed E-state index contributed by atoms with van der Waals surface area (Å²) in [7, 11) is 1.51. The number of nitrogens with one attached hydrogen (secondary N) is 1. The zero-order valence-electron chi connectivity index (χ0n) is 9.44. The standard InChI is InChI=1S/C12H14BrNO3/c1-3-6-14-11(12(15)16)9-7-8(13)4-5-10(9)17-2/h3-5,7,11,14H,1,6H2,2H3,(H,15,16). The molecule has 1 rings (SSSR count). The van der Waals surface area contributed by atoms with Crippen molar-refractivity contribution >= 4 is 21.9 Å². The minimum Gasteiger partial charge on any atom is -0.496 e. The van der Waals surface area contributed by atoms with Gasteiger partial charge in [0.1, 0.15) is 11.8 Å². The van der Waals surface area contributed by atoms with Gasteiger partial charge in [-0.05, 0) is 18.2 Å². The zero-order chi connectivity index (χ0) is 12.8. The third kappa shape index (κ3) is 3.57. The van der Waals surface area contributed by atoms with Crippen LogP contribution in [0.3, 0.4) is 0 Å². The zero-order valence-corrected chi connectivity index (χ0v) is 11.0. The van der Waals surface area contributed by atoms with Crippen molar-refractivity contribution < 1.29 is 14.6 Å². The molecule has 0 radical (unpaired) electrons. The molecule has 92 valence electrons. The van der Waals surface area contributed by atoms with Crippen LogP contribution >= 0.6 is 15.9 Å². The van der Waals surface area contributed by atoms with E-state index in [1.54, 1.807) is 24.3 Å². The fourth-order valence-corrected chi connectivity index (χ4v) is 1.84. The topological polar surface area (TPSA) is 58.6 Å². The predicted octanol–water partition coefficient (Wildman–Crippen LogP) is 2.36. The number of halogens is 1. The Kier molecular flexibility index (Phi) is 5.18. The van der Waals surface area contributed by atoms with E-state index in [2.05, 4.69) is 27.8 Å². The Bertz CT molecular complexity index is 420. The van der Waals surface area contributed by atoms with Crippen molar-refractivity contribution in [3.8, 4) is 5.75 Å². The second kappa shape index (κ2) is 6.42. The average Bonchev–Trinajstić information content (AvgIpc) is 2.29. The van der Waals surface area contributed by atoms with E-state index >= 15 is 0 Å². The molecule has 5 heteroatoms. The monoisotopic (exact) mass is 299 g/mol. The Morgan fingerprint density at radius 2 is 2.41 bits per heavy atom. The van der Waals surface area contributed by atoms with Crippen molar-refractivity contribution in [3.05, 3.63) is 40.9 Å². The van der Waals surface area contributed by atoms with Crippen LogP contribution in [0.4, 0.5) is 0 Å². The summed E-state index contributed by atoms with van der Waals surface area (Å²) in [5, 5.41) is 12.1. The quantitative estimate of drug-likeness (QED) is 0.792. The molecule has 0 amide bonds. The maximum atomic E-state index is 11.2. The normalized spacial score (nSPS) is 11.9. The van der Waals surface area contributed by atoms with Crippen molar-refractivity contribution in [2.45, 2.75) is 6.04 Å². The molecule has 0 bridgehead atoms. The van der Waals surface area contributed by atoms with Gasteiger partial charge in [0.15, 0.2) is 0 Å². The molecule has 4 nitrogen and oxygen atoms in total. The van der Waals surface area contributed by atoms with Crippen molar-refractivity contribution in [3.63, 3.8) is 0 Å². The van der Waals surface area contributed by atoms with Gasteiger partial charge in [0.25, 0.3) is 0 Å². The molecular formula is C12H14BrNO3. The van der Waals surface area contributed by atoms with Gasteiger partial charge < -0.3 is 9.84 Å². The van der Waals surface area contributed by atoms with Crippen LogP contribution in [0.25, 0.3) is 0 Å². The van der Waals surface area contributed by atoms with Gasteiger partial charge in [0, 0.05) is 16.6 Å². The highest BCUT2D eigenvalue weighted by molar-refractivity contribution is 9.10. The fraction of sp³-hybridized carbons (Fsp3) is 0.250. The molecule has 0 saturated carbocycles. The molecule has 17 heavy (non-hydrogen) atoms. The Morgan fingerprint density at radius 1 is 1.71 bits per heavy atom. The summed E-state index contributed by atoms with van der Waals surface area (Å²) < 4.78 is 5.97. The average molecular weight is 300 g/mol. The second-order valence-electron chi connectivity index (χ2n) is 3.35. The van der Waals surface area contributed by atoms with Crippen molar-refractivity contribution in [1.29, 1.82) is 0 Å². The number of carbonyl (C=O) groups is 1. The lowest BCUT2D eigenvalue weighted by Gasteiger charge is -2.17. The van der Waals surface area contributed by atoms with E-state index in [0.29, 0.717) is 17.9 Å². The first-order valence-corrected chi connectivity index (χ1v) is 5.80. The first kappa shape index (κ1) is 13.7. The maximum Gasteiger partial charge on any atom is 0.325 e. The highest BCUT2D eigenvalue weighted by Crippen LogP contribution is 2.28. The van der Waals surface area contributed by atoms with Crippen LogP contribution in [0.5, 0.6) is 5.75 Å². The van der Waals surface area contributed by atoms with E-state index in [1.165, 1.54) is 7.11 Å². The lowest BCUT2D eigenvalue weighted by atomic mass is 10.1. The summed E-state index contributed by atoms with van der Waals surface area (Å²) in [4.78, 5) is 11.2. The first-order chi connectivity index (χ1) is 8.10. The Labute approximate surface area is 108 Å². The summed E-state index contributed by atoms with van der Waals surface area (Å²) in [5.74, 6) is -0.416. The van der Waals surface area contributed by atoms with Gasteiger partial charge in [0.05, 0.1) is 7.11 Å². The van der Waals surface area contributed by atoms with E-state index in [-0.39, 0.29) is 0 Å². The summed E-state index contributed by atoms with van der Waals surface area (Å²) in [5.41, 5.74) is 0.580. The predicted molar refractivity (Wildman–Crippen MR) is 69.3 cm³/mol. The molecule has 0 aliphatic rings. The van der Waals surface area contributed by atoms with Crippen LogP contribution in [0.1, 0.15) is 11.6 Å². The number of rotatable bonds is 6. The number of hydrogen-bond donors (Lipinski definition) is 2.